The van der Waals surface area contributed by atoms with E-state index < -0.39 is 0 Å². The molecule has 0 aromatic carbocycles. The molecule has 19 heavy (non-hydrogen) atoms. The van der Waals surface area contributed by atoms with Gasteiger partial charge in [0.2, 0.25) is 0 Å². The number of halogens is 1. The second-order valence-electron chi connectivity index (χ2n) is 4.92. The maximum absolute atomic E-state index is 12.1. The second kappa shape index (κ2) is 6.89. The molecule has 2 unspecified atom stereocenters. The summed E-state index contributed by atoms with van der Waals surface area (Å²) in [6.07, 6.45) is 7.96. The third kappa shape index (κ3) is 3.93. The Kier molecular flexibility index (Phi) is 5.19. The molecule has 2 atom stereocenters. The number of ether oxygens (including phenoxy) is 1. The van der Waals surface area contributed by atoms with Gasteiger partial charge >= 0.3 is 0 Å². The molecule has 1 aromatic rings. The first-order valence-electron chi connectivity index (χ1n) is 6.61. The van der Waals surface area contributed by atoms with Gasteiger partial charge in [-0.05, 0) is 31.2 Å². The fraction of sp³-hybridized carbons (Fsp3) is 0.571. The van der Waals surface area contributed by atoms with Crippen LogP contribution in [0.3, 0.4) is 0 Å². The highest BCUT2D eigenvalue weighted by molar-refractivity contribution is 9.09. The van der Waals surface area contributed by atoms with Gasteiger partial charge in [0.1, 0.15) is 5.75 Å². The summed E-state index contributed by atoms with van der Waals surface area (Å²) in [5.41, 5.74) is 0.545. The molecular formula is C14H19BrN2O2. The lowest BCUT2D eigenvalue weighted by Crippen LogP contribution is -2.32. The van der Waals surface area contributed by atoms with Crippen molar-refractivity contribution < 1.29 is 9.53 Å². The summed E-state index contributed by atoms with van der Waals surface area (Å²) >= 11 is 3.66. The van der Waals surface area contributed by atoms with Gasteiger partial charge in [0.25, 0.3) is 5.91 Å². The van der Waals surface area contributed by atoms with E-state index in [0.29, 0.717) is 22.1 Å². The number of carbonyl (C=O) groups is 1. The summed E-state index contributed by atoms with van der Waals surface area (Å²) < 4.78 is 5.14. The van der Waals surface area contributed by atoms with Crippen molar-refractivity contribution in [3.05, 3.63) is 24.0 Å². The van der Waals surface area contributed by atoms with Crippen molar-refractivity contribution in [1.82, 2.24) is 10.3 Å². The third-order valence-electron chi connectivity index (χ3n) is 3.52. The highest BCUT2D eigenvalue weighted by atomic mass is 79.9. The maximum Gasteiger partial charge on any atom is 0.255 e. The van der Waals surface area contributed by atoms with Crippen molar-refractivity contribution in [2.45, 2.75) is 30.5 Å². The Morgan fingerprint density at radius 2 is 2.42 bits per heavy atom. The van der Waals surface area contributed by atoms with Gasteiger partial charge in [-0.25, -0.2) is 0 Å². The van der Waals surface area contributed by atoms with E-state index in [0.717, 1.165) is 13.0 Å². The predicted octanol–water partition coefficient (Wildman–Crippen LogP) is 2.77. The fourth-order valence-electron chi connectivity index (χ4n) is 2.47. The van der Waals surface area contributed by atoms with Crippen LogP contribution in [0.4, 0.5) is 0 Å². The van der Waals surface area contributed by atoms with Gasteiger partial charge in [-0.3, -0.25) is 9.78 Å². The molecule has 1 aliphatic rings. The van der Waals surface area contributed by atoms with Crippen LogP contribution in [-0.2, 0) is 0 Å². The molecule has 4 nitrogen and oxygen atoms in total. The van der Waals surface area contributed by atoms with E-state index >= 15 is 0 Å². The van der Waals surface area contributed by atoms with Crippen molar-refractivity contribution in [3.63, 3.8) is 0 Å². The summed E-state index contributed by atoms with van der Waals surface area (Å²) in [6.45, 7) is 0.729. The number of amides is 1. The molecule has 1 aliphatic carbocycles. The summed E-state index contributed by atoms with van der Waals surface area (Å²) in [4.78, 5) is 16.7. The molecule has 0 spiro atoms. The van der Waals surface area contributed by atoms with Gasteiger partial charge in [0.15, 0.2) is 0 Å². The molecule has 1 fully saturated rings. The molecule has 0 bridgehead atoms. The van der Waals surface area contributed by atoms with Gasteiger partial charge in [-0.2, -0.15) is 0 Å². The maximum atomic E-state index is 12.1. The molecule has 1 aromatic heterocycles. The summed E-state index contributed by atoms with van der Waals surface area (Å²) in [7, 11) is 1.55. The van der Waals surface area contributed by atoms with Gasteiger partial charge in [0, 0.05) is 17.6 Å². The minimum atomic E-state index is -0.0871. The van der Waals surface area contributed by atoms with Crippen LogP contribution < -0.4 is 10.1 Å². The molecular weight excluding hydrogens is 308 g/mol. The molecule has 2 rings (SSSR count). The van der Waals surface area contributed by atoms with Crippen molar-refractivity contribution >= 4 is 21.8 Å². The topological polar surface area (TPSA) is 51.2 Å². The van der Waals surface area contributed by atoms with E-state index in [9.17, 15) is 4.79 Å². The summed E-state index contributed by atoms with van der Waals surface area (Å²) in [5.74, 6) is 0.993. The number of aromatic nitrogens is 1. The lowest BCUT2D eigenvalue weighted by molar-refractivity contribution is 0.0940. The Morgan fingerprint density at radius 1 is 1.58 bits per heavy atom. The molecule has 104 valence electrons. The largest absolute Gasteiger partial charge is 0.494 e. The van der Waals surface area contributed by atoms with Crippen LogP contribution in [0.15, 0.2) is 18.5 Å². The Bertz CT molecular complexity index is 439. The zero-order chi connectivity index (χ0) is 13.7. The van der Waals surface area contributed by atoms with Crippen LogP contribution >= 0.6 is 15.9 Å². The van der Waals surface area contributed by atoms with Crippen LogP contribution in [0.2, 0.25) is 0 Å². The van der Waals surface area contributed by atoms with E-state index in [2.05, 4.69) is 26.2 Å². The Morgan fingerprint density at radius 3 is 3.16 bits per heavy atom. The molecule has 0 aliphatic heterocycles. The number of pyridine rings is 1. The molecule has 1 heterocycles. The first kappa shape index (κ1) is 14.3. The van der Waals surface area contributed by atoms with E-state index in [1.54, 1.807) is 25.6 Å². The van der Waals surface area contributed by atoms with Gasteiger partial charge in [0.05, 0.1) is 18.9 Å². The van der Waals surface area contributed by atoms with E-state index in [1.165, 1.54) is 19.3 Å². The Labute approximate surface area is 122 Å². The number of nitrogens with one attached hydrogen (secondary N) is 1. The summed E-state index contributed by atoms with van der Waals surface area (Å²) in [5, 5.41) is 3.00. The number of carbonyl (C=O) groups excluding carboxylic acids is 1. The average Bonchev–Trinajstić information content (AvgIpc) is 2.45. The first-order valence-corrected chi connectivity index (χ1v) is 7.52. The highest BCUT2D eigenvalue weighted by Gasteiger charge is 2.21. The quantitative estimate of drug-likeness (QED) is 0.865. The number of hydrogen-bond acceptors (Lipinski definition) is 3. The van der Waals surface area contributed by atoms with Gasteiger partial charge in [-0.1, -0.05) is 22.4 Å². The van der Waals surface area contributed by atoms with Gasteiger partial charge in [-0.15, -0.1) is 0 Å². The minimum absolute atomic E-state index is 0.0871. The lowest BCUT2D eigenvalue weighted by Gasteiger charge is -2.25. The Balaban J connectivity index is 1.90. The van der Waals surface area contributed by atoms with Crippen LogP contribution in [0, 0.1) is 5.92 Å². The number of rotatable bonds is 4. The molecule has 0 saturated heterocycles. The van der Waals surface area contributed by atoms with E-state index in [1.807, 2.05) is 0 Å². The van der Waals surface area contributed by atoms with Crippen LogP contribution in [-0.4, -0.2) is 29.4 Å². The number of alkyl halides is 1. The molecule has 5 heteroatoms. The van der Waals surface area contributed by atoms with Crippen molar-refractivity contribution in [1.29, 1.82) is 0 Å². The second-order valence-corrected chi connectivity index (χ2v) is 6.21. The zero-order valence-corrected chi connectivity index (χ0v) is 12.6. The molecule has 1 amide bonds. The minimum Gasteiger partial charge on any atom is -0.494 e. The molecule has 1 N–H and O–H groups in total. The van der Waals surface area contributed by atoms with E-state index in [-0.39, 0.29) is 5.91 Å². The average molecular weight is 327 g/mol. The summed E-state index contributed by atoms with van der Waals surface area (Å²) in [6, 6.07) is 1.68. The first-order chi connectivity index (χ1) is 9.20. The van der Waals surface area contributed by atoms with Crippen molar-refractivity contribution in [2.24, 2.45) is 5.92 Å². The van der Waals surface area contributed by atoms with Crippen LogP contribution in [0.1, 0.15) is 36.0 Å². The van der Waals surface area contributed by atoms with E-state index in [4.69, 9.17) is 4.74 Å². The zero-order valence-electron chi connectivity index (χ0n) is 11.1. The number of nitrogens with zero attached hydrogens (tertiary/aromatic N) is 1. The number of hydrogen-bond donors (Lipinski definition) is 1. The normalized spacial score (nSPS) is 22.8. The smallest absolute Gasteiger partial charge is 0.255 e. The SMILES string of the molecule is COc1cnccc1C(=O)NCC1CCCC(Br)C1. The third-order valence-corrected chi connectivity index (χ3v) is 4.35. The predicted molar refractivity (Wildman–Crippen MR) is 77.8 cm³/mol. The Hall–Kier alpha value is -1.10. The molecule has 0 radical (unpaired) electrons. The van der Waals surface area contributed by atoms with Crippen LogP contribution in [0.25, 0.3) is 0 Å². The molecule has 1 saturated carbocycles. The monoisotopic (exact) mass is 326 g/mol. The highest BCUT2D eigenvalue weighted by Crippen LogP contribution is 2.28. The fourth-order valence-corrected chi connectivity index (χ4v) is 3.33. The lowest BCUT2D eigenvalue weighted by atomic mass is 9.89. The van der Waals surface area contributed by atoms with Gasteiger partial charge < -0.3 is 10.1 Å². The number of methoxy groups -OCH3 is 1. The standard InChI is InChI=1S/C14H19BrN2O2/c1-19-13-9-16-6-5-12(13)14(18)17-8-10-3-2-4-11(15)7-10/h5-6,9-11H,2-4,7-8H2,1H3,(H,17,18). The van der Waals surface area contributed by atoms with Crippen molar-refractivity contribution in [2.75, 3.05) is 13.7 Å². The van der Waals surface area contributed by atoms with Crippen LogP contribution in [0.5, 0.6) is 5.75 Å². The van der Waals surface area contributed by atoms with Crippen molar-refractivity contribution in [3.8, 4) is 5.75 Å².